The summed E-state index contributed by atoms with van der Waals surface area (Å²) in [4.78, 5) is 0. The molecule has 1 heterocycles. The van der Waals surface area contributed by atoms with Gasteiger partial charge < -0.3 is 15.8 Å². The van der Waals surface area contributed by atoms with Gasteiger partial charge in [-0.25, -0.2) is 0 Å². The van der Waals surface area contributed by atoms with Crippen LogP contribution in [0.15, 0.2) is 0 Å². The van der Waals surface area contributed by atoms with Crippen LogP contribution in [-0.2, 0) is 4.74 Å². The van der Waals surface area contributed by atoms with E-state index in [1.165, 1.54) is 19.3 Å². The van der Waals surface area contributed by atoms with E-state index in [1.54, 1.807) is 0 Å². The van der Waals surface area contributed by atoms with E-state index in [0.717, 1.165) is 25.7 Å². The molecule has 1 saturated carbocycles. The molecule has 0 aromatic carbocycles. The maximum absolute atomic E-state index is 6.28. The van der Waals surface area contributed by atoms with E-state index >= 15 is 0 Å². The Morgan fingerprint density at radius 3 is 2.73 bits per heavy atom. The van der Waals surface area contributed by atoms with Gasteiger partial charge in [0.2, 0.25) is 0 Å². The Bertz CT molecular complexity index is 208. The van der Waals surface area contributed by atoms with Crippen molar-refractivity contribution in [2.75, 3.05) is 19.8 Å². The summed E-state index contributed by atoms with van der Waals surface area (Å²) in [6.07, 6.45) is 3.82. The third-order valence-corrected chi connectivity index (χ3v) is 3.99. The molecule has 0 aromatic rings. The van der Waals surface area contributed by atoms with Crippen molar-refractivity contribution in [1.82, 2.24) is 5.32 Å². The molecular formula is C12H24N2O. The van der Waals surface area contributed by atoms with Crippen LogP contribution in [0.25, 0.3) is 0 Å². The summed E-state index contributed by atoms with van der Waals surface area (Å²) in [6.45, 7) is 7.21. The van der Waals surface area contributed by atoms with Crippen molar-refractivity contribution in [3.63, 3.8) is 0 Å². The lowest BCUT2D eigenvalue weighted by Gasteiger charge is -2.28. The molecule has 0 aromatic heterocycles. The molecule has 2 fully saturated rings. The summed E-state index contributed by atoms with van der Waals surface area (Å²) in [5.41, 5.74) is 6.27. The molecule has 1 aliphatic heterocycles. The molecule has 88 valence electrons. The van der Waals surface area contributed by atoms with Crippen LogP contribution in [0.2, 0.25) is 0 Å². The summed E-state index contributed by atoms with van der Waals surface area (Å²) in [5, 5.41) is 3.58. The quantitative estimate of drug-likeness (QED) is 0.718. The molecule has 1 aliphatic carbocycles. The Hall–Kier alpha value is -0.120. The number of nitrogens with one attached hydrogen (secondary N) is 1. The lowest BCUT2D eigenvalue weighted by Crippen LogP contribution is -2.51. The van der Waals surface area contributed by atoms with E-state index in [2.05, 4.69) is 19.2 Å². The number of hydrogen-bond donors (Lipinski definition) is 2. The summed E-state index contributed by atoms with van der Waals surface area (Å²) in [6, 6.07) is 0.536. The van der Waals surface area contributed by atoms with Crippen molar-refractivity contribution in [1.29, 1.82) is 0 Å². The predicted octanol–water partition coefficient (Wildman–Crippen LogP) is 1.13. The summed E-state index contributed by atoms with van der Waals surface area (Å²) >= 11 is 0. The fraction of sp³-hybridized carbons (Fsp3) is 1.00. The van der Waals surface area contributed by atoms with Gasteiger partial charge in [0.15, 0.2) is 0 Å². The van der Waals surface area contributed by atoms with Crippen molar-refractivity contribution in [2.45, 2.75) is 44.7 Å². The normalized spacial score (nSPS) is 32.6. The van der Waals surface area contributed by atoms with E-state index in [1.807, 2.05) is 0 Å². The topological polar surface area (TPSA) is 47.3 Å². The first kappa shape index (κ1) is 11.4. The van der Waals surface area contributed by atoms with Crippen molar-refractivity contribution in [2.24, 2.45) is 17.6 Å². The molecule has 15 heavy (non-hydrogen) atoms. The highest BCUT2D eigenvalue weighted by molar-refractivity contribution is 4.97. The van der Waals surface area contributed by atoms with Gasteiger partial charge in [-0.3, -0.25) is 0 Å². The molecule has 0 spiro atoms. The third kappa shape index (κ3) is 2.92. The van der Waals surface area contributed by atoms with Crippen molar-refractivity contribution in [3.05, 3.63) is 0 Å². The average molecular weight is 212 g/mol. The van der Waals surface area contributed by atoms with Crippen molar-refractivity contribution in [3.8, 4) is 0 Å². The standard InChI is InChI=1S/C12H24N2O/c1-9(10-5-6-15-7-10)14-8-12(2,13)11-3-4-11/h9-11,14H,3-8,13H2,1-2H3. The SMILES string of the molecule is CC(NCC(C)(N)C1CC1)C1CCOC1. The molecule has 2 aliphatic rings. The number of hydrogen-bond acceptors (Lipinski definition) is 3. The van der Waals surface area contributed by atoms with Crippen LogP contribution >= 0.6 is 0 Å². The molecule has 2 rings (SSSR count). The Kier molecular flexibility index (Phi) is 3.33. The fourth-order valence-corrected chi connectivity index (χ4v) is 2.38. The maximum Gasteiger partial charge on any atom is 0.0509 e. The van der Waals surface area contributed by atoms with Crippen LogP contribution in [0.3, 0.4) is 0 Å². The minimum Gasteiger partial charge on any atom is -0.381 e. The van der Waals surface area contributed by atoms with Crippen LogP contribution in [0.5, 0.6) is 0 Å². The highest BCUT2D eigenvalue weighted by atomic mass is 16.5. The van der Waals surface area contributed by atoms with Crippen LogP contribution in [-0.4, -0.2) is 31.3 Å². The van der Waals surface area contributed by atoms with Gasteiger partial charge in [0, 0.05) is 24.7 Å². The molecule has 3 nitrogen and oxygen atoms in total. The summed E-state index contributed by atoms with van der Waals surface area (Å²) in [7, 11) is 0. The third-order valence-electron chi connectivity index (χ3n) is 3.99. The molecular weight excluding hydrogens is 188 g/mol. The first-order valence-corrected chi connectivity index (χ1v) is 6.19. The minimum atomic E-state index is -0.00623. The average Bonchev–Trinajstić information content (AvgIpc) is 2.92. The maximum atomic E-state index is 6.28. The van der Waals surface area contributed by atoms with Gasteiger partial charge in [0.1, 0.15) is 0 Å². The Morgan fingerprint density at radius 1 is 1.47 bits per heavy atom. The van der Waals surface area contributed by atoms with Crippen LogP contribution in [0.1, 0.15) is 33.1 Å². The first-order valence-electron chi connectivity index (χ1n) is 6.19. The zero-order valence-corrected chi connectivity index (χ0v) is 9.96. The summed E-state index contributed by atoms with van der Waals surface area (Å²) in [5.74, 6) is 1.43. The molecule has 0 radical (unpaired) electrons. The van der Waals surface area contributed by atoms with E-state index in [4.69, 9.17) is 10.5 Å². The van der Waals surface area contributed by atoms with Crippen molar-refractivity contribution >= 4 is 0 Å². The zero-order chi connectivity index (χ0) is 10.9. The second kappa shape index (κ2) is 4.40. The smallest absolute Gasteiger partial charge is 0.0509 e. The van der Waals surface area contributed by atoms with E-state index < -0.39 is 0 Å². The van der Waals surface area contributed by atoms with Gasteiger partial charge >= 0.3 is 0 Å². The van der Waals surface area contributed by atoms with E-state index in [0.29, 0.717) is 12.0 Å². The molecule has 3 N–H and O–H groups in total. The fourth-order valence-electron chi connectivity index (χ4n) is 2.38. The lowest BCUT2D eigenvalue weighted by atomic mass is 9.95. The largest absolute Gasteiger partial charge is 0.381 e. The first-order chi connectivity index (χ1) is 7.09. The molecule has 0 amide bonds. The molecule has 1 saturated heterocycles. The molecule has 0 bridgehead atoms. The number of rotatable bonds is 5. The molecule has 3 atom stereocenters. The van der Waals surface area contributed by atoms with Gasteiger partial charge in [-0.15, -0.1) is 0 Å². The Morgan fingerprint density at radius 2 is 2.20 bits per heavy atom. The molecule has 3 unspecified atom stereocenters. The zero-order valence-electron chi connectivity index (χ0n) is 9.96. The monoisotopic (exact) mass is 212 g/mol. The van der Waals surface area contributed by atoms with Gasteiger partial charge in [-0.05, 0) is 44.9 Å². The van der Waals surface area contributed by atoms with Gasteiger partial charge in [0.25, 0.3) is 0 Å². The van der Waals surface area contributed by atoms with Crippen LogP contribution < -0.4 is 11.1 Å². The van der Waals surface area contributed by atoms with Crippen molar-refractivity contribution < 1.29 is 4.74 Å². The minimum absolute atomic E-state index is 0.00623. The molecule has 3 heteroatoms. The van der Waals surface area contributed by atoms with Crippen LogP contribution in [0, 0.1) is 11.8 Å². The highest BCUT2D eigenvalue weighted by Crippen LogP contribution is 2.37. The van der Waals surface area contributed by atoms with Gasteiger partial charge in [-0.1, -0.05) is 0 Å². The Labute approximate surface area is 92.7 Å². The number of nitrogens with two attached hydrogens (primary N) is 1. The lowest BCUT2D eigenvalue weighted by molar-refractivity contribution is 0.177. The highest BCUT2D eigenvalue weighted by Gasteiger charge is 2.38. The predicted molar refractivity (Wildman–Crippen MR) is 61.7 cm³/mol. The van der Waals surface area contributed by atoms with E-state index in [-0.39, 0.29) is 5.54 Å². The van der Waals surface area contributed by atoms with Gasteiger partial charge in [-0.2, -0.15) is 0 Å². The van der Waals surface area contributed by atoms with Crippen LogP contribution in [0.4, 0.5) is 0 Å². The Balaban J connectivity index is 1.71. The second-order valence-electron chi connectivity index (χ2n) is 5.57. The second-order valence-corrected chi connectivity index (χ2v) is 5.57. The van der Waals surface area contributed by atoms with E-state index in [9.17, 15) is 0 Å². The summed E-state index contributed by atoms with van der Waals surface area (Å²) < 4.78 is 5.40. The number of ether oxygens (including phenoxy) is 1. The van der Waals surface area contributed by atoms with Gasteiger partial charge in [0.05, 0.1) is 6.61 Å².